The lowest BCUT2D eigenvalue weighted by Crippen LogP contribution is -2.45. The molecule has 1 rings (SSSR count). The lowest BCUT2D eigenvalue weighted by atomic mass is 10.1. The first-order chi connectivity index (χ1) is 9.54. The van der Waals surface area contributed by atoms with Gasteiger partial charge in [0.15, 0.2) is 0 Å². The Kier molecular flexibility index (Phi) is 6.90. The summed E-state index contributed by atoms with van der Waals surface area (Å²) in [5.74, 6) is -0.500. The minimum absolute atomic E-state index is 0.0898. The standard InChI is InChI=1S/C15H22N2O3/c1-12(18)17(13(2)19)11-15(16-20-3)10-9-14-7-5-4-6-8-14/h4-8,15-16H,9-11H2,1-3H3. The van der Waals surface area contributed by atoms with E-state index in [0.29, 0.717) is 6.54 Å². The summed E-state index contributed by atoms with van der Waals surface area (Å²) in [7, 11) is 1.53. The third-order valence-corrected chi connectivity index (χ3v) is 3.07. The number of hydroxylamine groups is 1. The molecule has 0 saturated carbocycles. The summed E-state index contributed by atoms with van der Waals surface area (Å²) in [6, 6.07) is 9.97. The summed E-state index contributed by atoms with van der Waals surface area (Å²) in [6.45, 7) is 3.09. The largest absolute Gasteiger partial charge is 0.305 e. The number of benzene rings is 1. The van der Waals surface area contributed by atoms with Crippen molar-refractivity contribution in [1.82, 2.24) is 10.4 Å². The fraction of sp³-hybridized carbons (Fsp3) is 0.467. The number of nitrogens with one attached hydrogen (secondary N) is 1. The molecule has 5 nitrogen and oxygen atoms in total. The van der Waals surface area contributed by atoms with E-state index in [-0.39, 0.29) is 17.9 Å². The van der Waals surface area contributed by atoms with Crippen molar-refractivity contribution in [3.63, 3.8) is 0 Å². The molecule has 0 saturated heterocycles. The number of aryl methyl sites for hydroxylation is 1. The Morgan fingerprint density at radius 1 is 1.20 bits per heavy atom. The Morgan fingerprint density at radius 3 is 2.30 bits per heavy atom. The van der Waals surface area contributed by atoms with Crippen LogP contribution in [0.4, 0.5) is 0 Å². The molecule has 0 bridgehead atoms. The van der Waals surface area contributed by atoms with Gasteiger partial charge in [0, 0.05) is 20.4 Å². The highest BCUT2D eigenvalue weighted by Gasteiger charge is 2.19. The molecule has 5 heteroatoms. The van der Waals surface area contributed by atoms with E-state index in [1.807, 2.05) is 18.2 Å². The molecule has 0 heterocycles. The first-order valence-corrected chi connectivity index (χ1v) is 6.65. The molecular formula is C15H22N2O3. The molecule has 1 aromatic carbocycles. The highest BCUT2D eigenvalue weighted by atomic mass is 16.6. The Labute approximate surface area is 119 Å². The molecule has 1 N–H and O–H groups in total. The van der Waals surface area contributed by atoms with Crippen molar-refractivity contribution in [2.45, 2.75) is 32.7 Å². The van der Waals surface area contributed by atoms with Gasteiger partial charge in [-0.05, 0) is 18.4 Å². The van der Waals surface area contributed by atoms with Crippen LogP contribution in [0.25, 0.3) is 0 Å². The third-order valence-electron chi connectivity index (χ3n) is 3.07. The molecule has 0 aliphatic heterocycles. The summed E-state index contributed by atoms with van der Waals surface area (Å²) < 4.78 is 0. The van der Waals surface area contributed by atoms with E-state index >= 15 is 0 Å². The van der Waals surface area contributed by atoms with Crippen molar-refractivity contribution in [3.05, 3.63) is 35.9 Å². The maximum absolute atomic E-state index is 11.4. The Balaban J connectivity index is 2.59. The summed E-state index contributed by atoms with van der Waals surface area (Å²) >= 11 is 0. The molecule has 1 aromatic rings. The minimum atomic E-state index is -0.250. The lowest BCUT2D eigenvalue weighted by molar-refractivity contribution is -0.143. The normalized spacial score (nSPS) is 11.9. The van der Waals surface area contributed by atoms with Gasteiger partial charge in [0.05, 0.1) is 13.2 Å². The second kappa shape index (κ2) is 8.45. The predicted octanol–water partition coefficient (Wildman–Crippen LogP) is 1.53. The average Bonchev–Trinajstić information content (AvgIpc) is 2.42. The highest BCUT2D eigenvalue weighted by Crippen LogP contribution is 2.07. The van der Waals surface area contributed by atoms with Gasteiger partial charge in [0.2, 0.25) is 11.8 Å². The first-order valence-electron chi connectivity index (χ1n) is 6.65. The molecule has 0 spiro atoms. The number of carbonyl (C=O) groups is 2. The van der Waals surface area contributed by atoms with Gasteiger partial charge in [0.1, 0.15) is 0 Å². The van der Waals surface area contributed by atoms with Gasteiger partial charge in [-0.15, -0.1) is 0 Å². The van der Waals surface area contributed by atoms with Crippen LogP contribution in [0.5, 0.6) is 0 Å². The maximum atomic E-state index is 11.4. The van der Waals surface area contributed by atoms with Crippen LogP contribution in [0.1, 0.15) is 25.8 Å². The maximum Gasteiger partial charge on any atom is 0.226 e. The fourth-order valence-corrected chi connectivity index (χ4v) is 2.04. The Morgan fingerprint density at radius 2 is 1.80 bits per heavy atom. The van der Waals surface area contributed by atoms with Crippen LogP contribution in [0.2, 0.25) is 0 Å². The Hall–Kier alpha value is -1.72. The van der Waals surface area contributed by atoms with E-state index in [1.165, 1.54) is 31.4 Å². The molecule has 0 aliphatic carbocycles. The van der Waals surface area contributed by atoms with Crippen molar-refractivity contribution in [3.8, 4) is 0 Å². The zero-order valence-corrected chi connectivity index (χ0v) is 12.3. The van der Waals surface area contributed by atoms with E-state index in [9.17, 15) is 9.59 Å². The van der Waals surface area contributed by atoms with Gasteiger partial charge < -0.3 is 4.84 Å². The lowest BCUT2D eigenvalue weighted by Gasteiger charge is -2.24. The smallest absolute Gasteiger partial charge is 0.226 e. The topological polar surface area (TPSA) is 58.6 Å². The van der Waals surface area contributed by atoms with Crippen molar-refractivity contribution in [1.29, 1.82) is 0 Å². The number of carbonyl (C=O) groups excluding carboxylic acids is 2. The quantitative estimate of drug-likeness (QED) is 0.769. The number of hydrogen-bond acceptors (Lipinski definition) is 4. The number of amides is 2. The molecule has 0 aromatic heterocycles. The van der Waals surface area contributed by atoms with E-state index in [0.717, 1.165) is 12.8 Å². The molecule has 0 fully saturated rings. The number of rotatable bonds is 7. The molecule has 110 valence electrons. The average molecular weight is 278 g/mol. The van der Waals surface area contributed by atoms with Gasteiger partial charge in [-0.2, -0.15) is 5.48 Å². The first kappa shape index (κ1) is 16.3. The van der Waals surface area contributed by atoms with E-state index in [4.69, 9.17) is 4.84 Å². The minimum Gasteiger partial charge on any atom is -0.305 e. The molecule has 2 amide bonds. The van der Waals surface area contributed by atoms with Crippen molar-refractivity contribution in [2.75, 3.05) is 13.7 Å². The summed E-state index contributed by atoms with van der Waals surface area (Å²) in [5.41, 5.74) is 4.06. The summed E-state index contributed by atoms with van der Waals surface area (Å²) in [5, 5.41) is 0. The SMILES string of the molecule is CONC(CCc1ccccc1)CN(C(C)=O)C(C)=O. The Bertz CT molecular complexity index is 420. The van der Waals surface area contributed by atoms with Crippen molar-refractivity contribution >= 4 is 11.8 Å². The van der Waals surface area contributed by atoms with Gasteiger partial charge >= 0.3 is 0 Å². The van der Waals surface area contributed by atoms with Crippen LogP contribution in [0.15, 0.2) is 30.3 Å². The molecule has 1 atom stereocenters. The van der Waals surface area contributed by atoms with Gasteiger partial charge in [-0.3, -0.25) is 14.5 Å². The second-order valence-corrected chi connectivity index (χ2v) is 4.69. The number of imide groups is 1. The predicted molar refractivity (Wildman–Crippen MR) is 76.8 cm³/mol. The number of hydrogen-bond donors (Lipinski definition) is 1. The van der Waals surface area contributed by atoms with Crippen LogP contribution in [-0.4, -0.2) is 36.4 Å². The molecule has 1 unspecified atom stereocenters. The zero-order valence-electron chi connectivity index (χ0n) is 12.3. The molecule has 0 aliphatic rings. The second-order valence-electron chi connectivity index (χ2n) is 4.69. The third kappa shape index (κ3) is 5.50. The van der Waals surface area contributed by atoms with Gasteiger partial charge in [0.25, 0.3) is 0 Å². The van der Waals surface area contributed by atoms with Crippen molar-refractivity contribution < 1.29 is 14.4 Å². The summed E-state index contributed by atoms with van der Waals surface area (Å²) in [6.07, 6.45) is 1.63. The van der Waals surface area contributed by atoms with E-state index in [2.05, 4.69) is 17.6 Å². The number of nitrogens with zero attached hydrogens (tertiary/aromatic N) is 1. The van der Waals surface area contributed by atoms with Crippen LogP contribution in [0.3, 0.4) is 0 Å². The van der Waals surface area contributed by atoms with Crippen molar-refractivity contribution in [2.24, 2.45) is 0 Å². The van der Waals surface area contributed by atoms with Crippen LogP contribution >= 0.6 is 0 Å². The van der Waals surface area contributed by atoms with Gasteiger partial charge in [-0.25, -0.2) is 0 Å². The molecular weight excluding hydrogens is 256 g/mol. The molecule has 20 heavy (non-hydrogen) atoms. The van der Waals surface area contributed by atoms with Gasteiger partial charge in [-0.1, -0.05) is 30.3 Å². The molecule has 0 radical (unpaired) electrons. The van der Waals surface area contributed by atoms with E-state index < -0.39 is 0 Å². The van der Waals surface area contributed by atoms with E-state index in [1.54, 1.807) is 0 Å². The summed E-state index contributed by atoms with van der Waals surface area (Å²) in [4.78, 5) is 29.0. The van der Waals surface area contributed by atoms with Crippen LogP contribution in [0, 0.1) is 0 Å². The highest BCUT2D eigenvalue weighted by molar-refractivity contribution is 5.92. The van der Waals surface area contributed by atoms with Crippen LogP contribution < -0.4 is 5.48 Å². The monoisotopic (exact) mass is 278 g/mol. The zero-order chi connectivity index (χ0) is 15.0. The van der Waals surface area contributed by atoms with Crippen LogP contribution in [-0.2, 0) is 20.8 Å². The fourth-order valence-electron chi connectivity index (χ4n) is 2.04.